The highest BCUT2D eigenvalue weighted by Gasteiger charge is 2.41. The van der Waals surface area contributed by atoms with Gasteiger partial charge in [-0.25, -0.2) is 9.78 Å². The van der Waals surface area contributed by atoms with Gasteiger partial charge in [0.15, 0.2) is 6.10 Å². The number of ether oxygens (including phenoxy) is 1. The average Bonchev–Trinajstić information content (AvgIpc) is 3.01. The van der Waals surface area contributed by atoms with Gasteiger partial charge in [-0.15, -0.1) is 0 Å². The molecular weight excluding hydrogens is 274 g/mol. The molecule has 2 atom stereocenters. The van der Waals surface area contributed by atoms with E-state index in [0.717, 1.165) is 18.7 Å². The zero-order valence-electron chi connectivity index (χ0n) is 11.9. The summed E-state index contributed by atoms with van der Waals surface area (Å²) in [6.07, 6.45) is 4.91. The minimum absolute atomic E-state index is 0.107. The van der Waals surface area contributed by atoms with Crippen molar-refractivity contribution in [1.82, 2.24) is 14.5 Å². The number of hydrogen-bond donors (Lipinski definition) is 1. The van der Waals surface area contributed by atoms with E-state index in [1.54, 1.807) is 11.1 Å². The van der Waals surface area contributed by atoms with E-state index in [1.807, 2.05) is 17.8 Å². The lowest BCUT2D eigenvalue weighted by Crippen LogP contribution is -2.41. The molecule has 1 saturated heterocycles. The first-order valence-corrected chi connectivity index (χ1v) is 7.21. The Balaban J connectivity index is 1.68. The SMILES string of the molecule is Cn1ccnc1CN(C(=O)[C@@H]1CC[C@H](C(=O)O)O1)C1CC1. The first-order chi connectivity index (χ1) is 10.1. The number of aromatic nitrogens is 2. The van der Waals surface area contributed by atoms with Gasteiger partial charge >= 0.3 is 5.97 Å². The van der Waals surface area contributed by atoms with Crippen LogP contribution in [0.5, 0.6) is 0 Å². The van der Waals surface area contributed by atoms with E-state index in [2.05, 4.69) is 4.98 Å². The number of carboxylic acids is 1. The predicted molar refractivity (Wildman–Crippen MR) is 72.3 cm³/mol. The van der Waals surface area contributed by atoms with Crippen LogP contribution in [-0.2, 0) is 27.9 Å². The van der Waals surface area contributed by atoms with E-state index in [-0.39, 0.29) is 11.9 Å². The molecule has 2 aliphatic rings. The number of imidazole rings is 1. The van der Waals surface area contributed by atoms with Gasteiger partial charge in [-0.2, -0.15) is 0 Å². The second-order valence-electron chi connectivity index (χ2n) is 5.68. The number of rotatable bonds is 5. The zero-order chi connectivity index (χ0) is 15.0. The van der Waals surface area contributed by atoms with Crippen LogP contribution in [0, 0.1) is 0 Å². The lowest BCUT2D eigenvalue weighted by Gasteiger charge is -2.25. The molecule has 2 fully saturated rings. The van der Waals surface area contributed by atoms with Gasteiger partial charge in [0.25, 0.3) is 5.91 Å². The zero-order valence-corrected chi connectivity index (χ0v) is 11.9. The van der Waals surface area contributed by atoms with Gasteiger partial charge in [-0.05, 0) is 25.7 Å². The Morgan fingerprint density at radius 2 is 2.10 bits per heavy atom. The van der Waals surface area contributed by atoms with E-state index in [9.17, 15) is 9.59 Å². The van der Waals surface area contributed by atoms with Crippen molar-refractivity contribution in [2.75, 3.05) is 0 Å². The quantitative estimate of drug-likeness (QED) is 0.856. The molecular formula is C14H19N3O4. The van der Waals surface area contributed by atoms with E-state index >= 15 is 0 Å². The third-order valence-corrected chi connectivity index (χ3v) is 4.07. The molecule has 1 aliphatic heterocycles. The van der Waals surface area contributed by atoms with Gasteiger partial charge in [-0.3, -0.25) is 4.79 Å². The molecule has 2 heterocycles. The fourth-order valence-electron chi connectivity index (χ4n) is 2.66. The van der Waals surface area contributed by atoms with Crippen LogP contribution < -0.4 is 0 Å². The molecule has 1 N–H and O–H groups in total. The molecule has 0 unspecified atom stereocenters. The molecule has 0 radical (unpaired) electrons. The number of aryl methyl sites for hydroxylation is 1. The minimum atomic E-state index is -0.993. The molecule has 1 saturated carbocycles. The van der Waals surface area contributed by atoms with Crippen LogP contribution in [-0.4, -0.2) is 49.7 Å². The third-order valence-electron chi connectivity index (χ3n) is 4.07. The highest BCUT2D eigenvalue weighted by atomic mass is 16.5. The van der Waals surface area contributed by atoms with Gasteiger partial charge in [0.05, 0.1) is 6.54 Å². The van der Waals surface area contributed by atoms with E-state index in [0.29, 0.717) is 19.4 Å². The van der Waals surface area contributed by atoms with Crippen LogP contribution in [0.3, 0.4) is 0 Å². The Morgan fingerprint density at radius 1 is 1.38 bits per heavy atom. The Kier molecular flexibility index (Phi) is 3.67. The van der Waals surface area contributed by atoms with E-state index in [1.165, 1.54) is 0 Å². The summed E-state index contributed by atoms with van der Waals surface area (Å²) in [6.45, 7) is 0.449. The number of aliphatic carboxylic acids is 1. The lowest BCUT2D eigenvalue weighted by atomic mass is 10.1. The maximum absolute atomic E-state index is 12.6. The molecule has 1 aliphatic carbocycles. The standard InChI is InChI=1S/C14H19N3O4/c1-16-7-6-15-12(16)8-17(9-2-3-9)13(18)10-4-5-11(21-10)14(19)20/h6-7,9-11H,2-5,8H2,1H3,(H,19,20)/t10-,11+/m0/s1. The summed E-state index contributed by atoms with van der Waals surface area (Å²) in [6, 6.07) is 0.238. The Bertz CT molecular complexity index is 552. The smallest absolute Gasteiger partial charge is 0.332 e. The second kappa shape index (κ2) is 5.48. The summed E-state index contributed by atoms with van der Waals surface area (Å²) in [4.78, 5) is 29.6. The van der Waals surface area contributed by atoms with Crippen LogP contribution in [0.15, 0.2) is 12.4 Å². The van der Waals surface area contributed by atoms with Crippen molar-refractivity contribution in [1.29, 1.82) is 0 Å². The van der Waals surface area contributed by atoms with Crippen LogP contribution in [0.2, 0.25) is 0 Å². The molecule has 0 bridgehead atoms. The highest BCUT2D eigenvalue weighted by Crippen LogP contribution is 2.31. The van der Waals surface area contributed by atoms with Gasteiger partial charge in [0, 0.05) is 25.5 Å². The summed E-state index contributed by atoms with van der Waals surface area (Å²) >= 11 is 0. The van der Waals surface area contributed by atoms with Crippen molar-refractivity contribution in [3.63, 3.8) is 0 Å². The number of amides is 1. The molecule has 1 aromatic heterocycles. The van der Waals surface area contributed by atoms with Crippen LogP contribution in [0.25, 0.3) is 0 Å². The number of hydrogen-bond acceptors (Lipinski definition) is 4. The molecule has 3 rings (SSSR count). The Hall–Kier alpha value is -1.89. The molecule has 21 heavy (non-hydrogen) atoms. The maximum Gasteiger partial charge on any atom is 0.332 e. The summed E-state index contributed by atoms with van der Waals surface area (Å²) in [5.74, 6) is -0.278. The predicted octanol–water partition coefficient (Wildman–Crippen LogP) is 0.543. The van der Waals surface area contributed by atoms with Crippen molar-refractivity contribution >= 4 is 11.9 Å². The van der Waals surface area contributed by atoms with Crippen molar-refractivity contribution in [3.8, 4) is 0 Å². The second-order valence-corrected chi connectivity index (χ2v) is 5.68. The lowest BCUT2D eigenvalue weighted by molar-refractivity contribution is -0.155. The summed E-state index contributed by atoms with van der Waals surface area (Å²) in [5.41, 5.74) is 0. The molecule has 1 aromatic rings. The van der Waals surface area contributed by atoms with Crippen LogP contribution >= 0.6 is 0 Å². The largest absolute Gasteiger partial charge is 0.479 e. The fourth-order valence-corrected chi connectivity index (χ4v) is 2.66. The highest BCUT2D eigenvalue weighted by molar-refractivity contribution is 5.83. The van der Waals surface area contributed by atoms with Crippen LogP contribution in [0.1, 0.15) is 31.5 Å². The van der Waals surface area contributed by atoms with Crippen molar-refractivity contribution in [3.05, 3.63) is 18.2 Å². The third kappa shape index (κ3) is 2.92. The Labute approximate surface area is 122 Å². The summed E-state index contributed by atoms with van der Waals surface area (Å²) < 4.78 is 7.26. The monoisotopic (exact) mass is 293 g/mol. The average molecular weight is 293 g/mol. The van der Waals surface area contributed by atoms with E-state index in [4.69, 9.17) is 9.84 Å². The summed E-state index contributed by atoms with van der Waals surface area (Å²) in [5, 5.41) is 8.95. The van der Waals surface area contributed by atoms with Gasteiger partial charge in [0.2, 0.25) is 0 Å². The van der Waals surface area contributed by atoms with Crippen molar-refractivity contribution < 1.29 is 19.4 Å². The summed E-state index contributed by atoms with van der Waals surface area (Å²) in [7, 11) is 1.89. The van der Waals surface area contributed by atoms with Crippen molar-refractivity contribution in [2.24, 2.45) is 7.05 Å². The number of carbonyl (C=O) groups excluding carboxylic acids is 1. The number of carbonyl (C=O) groups is 2. The molecule has 0 aromatic carbocycles. The Morgan fingerprint density at radius 3 is 2.62 bits per heavy atom. The fraction of sp³-hybridized carbons (Fsp3) is 0.643. The minimum Gasteiger partial charge on any atom is -0.479 e. The van der Waals surface area contributed by atoms with Gasteiger partial charge in [-0.1, -0.05) is 0 Å². The number of nitrogens with zero attached hydrogens (tertiary/aromatic N) is 3. The first-order valence-electron chi connectivity index (χ1n) is 7.21. The van der Waals surface area contributed by atoms with Crippen LogP contribution in [0.4, 0.5) is 0 Å². The number of carboxylic acid groups (broad SMARTS) is 1. The van der Waals surface area contributed by atoms with Crippen molar-refractivity contribution in [2.45, 2.75) is 50.5 Å². The van der Waals surface area contributed by atoms with E-state index < -0.39 is 18.2 Å². The molecule has 7 nitrogen and oxygen atoms in total. The molecule has 114 valence electrons. The maximum atomic E-state index is 12.6. The van der Waals surface area contributed by atoms with Gasteiger partial charge in [0.1, 0.15) is 11.9 Å². The first kappa shape index (κ1) is 14.1. The molecule has 1 amide bonds. The normalized spacial score (nSPS) is 25.0. The molecule has 7 heteroatoms. The van der Waals surface area contributed by atoms with Gasteiger partial charge < -0.3 is 19.3 Å². The topological polar surface area (TPSA) is 84.7 Å². The molecule has 0 spiro atoms.